The predicted molar refractivity (Wildman–Crippen MR) is 99.1 cm³/mol. The number of amides is 1. The van der Waals surface area contributed by atoms with E-state index >= 15 is 0 Å². The Morgan fingerprint density at radius 3 is 2.52 bits per heavy atom. The van der Waals surface area contributed by atoms with Gasteiger partial charge in [0.15, 0.2) is 10.9 Å². The molecule has 0 aliphatic rings. The molecular weight excluding hydrogens is 340 g/mol. The van der Waals surface area contributed by atoms with Crippen molar-refractivity contribution < 1.29 is 13.9 Å². The number of nitrogens with one attached hydrogen (secondary N) is 3. The van der Waals surface area contributed by atoms with Gasteiger partial charge in [-0.15, -0.1) is 0 Å². The SMILES string of the molecule is COc1ccc(CNC(=S)NNC(=O)c2ccc(CN(C)C)o2)cc1. The number of thiocarbonyl (C=S) groups is 1. The molecule has 134 valence electrons. The van der Waals surface area contributed by atoms with E-state index in [1.54, 1.807) is 19.2 Å². The van der Waals surface area contributed by atoms with Crippen LogP contribution in [0.15, 0.2) is 40.8 Å². The zero-order valence-corrected chi connectivity index (χ0v) is 15.3. The molecule has 0 bridgehead atoms. The van der Waals surface area contributed by atoms with Crippen molar-refractivity contribution >= 4 is 23.2 Å². The van der Waals surface area contributed by atoms with Gasteiger partial charge in [0.1, 0.15) is 11.5 Å². The summed E-state index contributed by atoms with van der Waals surface area (Å²) in [6.07, 6.45) is 0. The van der Waals surface area contributed by atoms with Crippen molar-refractivity contribution in [2.24, 2.45) is 0 Å². The number of carbonyl (C=O) groups excluding carboxylic acids is 1. The van der Waals surface area contributed by atoms with Crippen molar-refractivity contribution in [1.82, 2.24) is 21.1 Å². The summed E-state index contributed by atoms with van der Waals surface area (Å²) >= 11 is 5.13. The first-order valence-corrected chi connectivity index (χ1v) is 8.09. The van der Waals surface area contributed by atoms with Gasteiger partial charge in [0.05, 0.1) is 13.7 Å². The van der Waals surface area contributed by atoms with Gasteiger partial charge >= 0.3 is 5.91 Å². The van der Waals surface area contributed by atoms with Crippen LogP contribution in [-0.2, 0) is 13.1 Å². The third-order valence-electron chi connectivity index (χ3n) is 3.26. The van der Waals surface area contributed by atoms with Crippen LogP contribution in [0, 0.1) is 0 Å². The number of furan rings is 1. The third-order valence-corrected chi connectivity index (χ3v) is 3.51. The molecule has 8 heteroatoms. The molecule has 0 spiro atoms. The van der Waals surface area contributed by atoms with Crippen LogP contribution in [0.2, 0.25) is 0 Å². The molecule has 0 saturated heterocycles. The van der Waals surface area contributed by atoms with E-state index in [4.69, 9.17) is 21.4 Å². The van der Waals surface area contributed by atoms with E-state index in [0.717, 1.165) is 17.1 Å². The normalized spacial score (nSPS) is 10.4. The van der Waals surface area contributed by atoms with Crippen LogP contribution < -0.4 is 20.9 Å². The molecule has 0 aliphatic carbocycles. The lowest BCUT2D eigenvalue weighted by atomic mass is 10.2. The quantitative estimate of drug-likeness (QED) is 0.533. The summed E-state index contributed by atoms with van der Waals surface area (Å²) in [5.41, 5.74) is 6.19. The lowest BCUT2D eigenvalue weighted by molar-refractivity contribution is 0.0912. The van der Waals surface area contributed by atoms with Crippen molar-refractivity contribution in [2.45, 2.75) is 13.1 Å². The average molecular weight is 362 g/mol. The molecule has 0 fully saturated rings. The van der Waals surface area contributed by atoms with Crippen LogP contribution in [0.5, 0.6) is 5.75 Å². The van der Waals surface area contributed by atoms with Gasteiger partial charge in [0, 0.05) is 6.54 Å². The Morgan fingerprint density at radius 1 is 1.16 bits per heavy atom. The van der Waals surface area contributed by atoms with Gasteiger partial charge in [-0.3, -0.25) is 15.6 Å². The fourth-order valence-corrected chi connectivity index (χ4v) is 2.16. The van der Waals surface area contributed by atoms with Crippen molar-refractivity contribution in [2.75, 3.05) is 21.2 Å². The minimum Gasteiger partial charge on any atom is -0.497 e. The Morgan fingerprint density at radius 2 is 1.88 bits per heavy atom. The molecule has 2 rings (SSSR count). The Labute approximate surface area is 152 Å². The highest BCUT2D eigenvalue weighted by molar-refractivity contribution is 7.80. The summed E-state index contributed by atoms with van der Waals surface area (Å²) in [6.45, 7) is 1.15. The fourth-order valence-electron chi connectivity index (χ4n) is 2.04. The molecule has 1 aromatic carbocycles. The maximum absolute atomic E-state index is 12.0. The van der Waals surface area contributed by atoms with E-state index in [2.05, 4.69) is 16.2 Å². The first kappa shape index (κ1) is 18.8. The fraction of sp³-hybridized carbons (Fsp3) is 0.294. The molecule has 0 unspecified atom stereocenters. The van der Waals surface area contributed by atoms with Gasteiger partial charge < -0.3 is 19.4 Å². The number of rotatable bonds is 6. The highest BCUT2D eigenvalue weighted by Crippen LogP contribution is 2.11. The molecule has 0 aliphatic heterocycles. The van der Waals surface area contributed by atoms with Crippen LogP contribution in [0.25, 0.3) is 0 Å². The van der Waals surface area contributed by atoms with Crippen molar-refractivity contribution in [1.29, 1.82) is 0 Å². The maximum atomic E-state index is 12.0. The number of hydrazine groups is 1. The van der Waals surface area contributed by atoms with E-state index in [0.29, 0.717) is 18.2 Å². The van der Waals surface area contributed by atoms with E-state index in [1.807, 2.05) is 43.3 Å². The molecule has 7 nitrogen and oxygen atoms in total. The highest BCUT2D eigenvalue weighted by Gasteiger charge is 2.11. The van der Waals surface area contributed by atoms with E-state index < -0.39 is 5.91 Å². The minimum absolute atomic E-state index is 0.224. The topological polar surface area (TPSA) is 78.8 Å². The number of hydrogen-bond acceptors (Lipinski definition) is 5. The molecule has 2 aromatic rings. The van der Waals surface area contributed by atoms with Crippen molar-refractivity contribution in [3.05, 3.63) is 53.5 Å². The largest absolute Gasteiger partial charge is 0.497 e. The maximum Gasteiger partial charge on any atom is 0.305 e. The second kappa shape index (κ2) is 9.05. The predicted octanol–water partition coefficient (Wildman–Crippen LogP) is 1.66. The molecule has 0 radical (unpaired) electrons. The smallest absolute Gasteiger partial charge is 0.305 e. The van der Waals surface area contributed by atoms with Gasteiger partial charge in [-0.05, 0) is 56.1 Å². The zero-order valence-electron chi connectivity index (χ0n) is 14.5. The number of methoxy groups -OCH3 is 1. The first-order chi connectivity index (χ1) is 12.0. The summed E-state index contributed by atoms with van der Waals surface area (Å²) in [5.74, 6) is 1.35. The molecule has 1 heterocycles. The number of nitrogens with zero attached hydrogens (tertiary/aromatic N) is 1. The molecule has 0 atom stereocenters. The standard InChI is InChI=1S/C17H22N4O3S/c1-21(2)11-14-8-9-15(24-14)16(22)19-20-17(25)18-10-12-4-6-13(23-3)7-5-12/h4-9H,10-11H2,1-3H3,(H,19,22)(H2,18,20,25). The van der Waals surface area contributed by atoms with Crippen LogP contribution >= 0.6 is 12.2 Å². The van der Waals surface area contributed by atoms with E-state index in [9.17, 15) is 4.79 Å². The molecule has 25 heavy (non-hydrogen) atoms. The lowest BCUT2D eigenvalue weighted by Crippen LogP contribution is -2.46. The number of carbonyl (C=O) groups is 1. The van der Waals surface area contributed by atoms with Crippen molar-refractivity contribution in [3.8, 4) is 5.75 Å². The second-order valence-electron chi connectivity index (χ2n) is 5.61. The number of ether oxygens (including phenoxy) is 1. The molecule has 3 N–H and O–H groups in total. The Balaban J connectivity index is 1.75. The summed E-state index contributed by atoms with van der Waals surface area (Å²) in [5, 5.41) is 3.31. The second-order valence-corrected chi connectivity index (χ2v) is 6.02. The van der Waals surface area contributed by atoms with Gasteiger partial charge in [0.2, 0.25) is 0 Å². The van der Waals surface area contributed by atoms with Crippen LogP contribution in [0.1, 0.15) is 21.9 Å². The molecule has 0 saturated carbocycles. The zero-order chi connectivity index (χ0) is 18.2. The summed E-state index contributed by atoms with van der Waals surface area (Å²) < 4.78 is 10.6. The first-order valence-electron chi connectivity index (χ1n) is 7.68. The van der Waals surface area contributed by atoms with Gasteiger partial charge in [-0.2, -0.15) is 0 Å². The number of benzene rings is 1. The van der Waals surface area contributed by atoms with E-state index in [1.165, 1.54) is 0 Å². The van der Waals surface area contributed by atoms with Crippen LogP contribution in [0.3, 0.4) is 0 Å². The minimum atomic E-state index is -0.390. The lowest BCUT2D eigenvalue weighted by Gasteiger charge is -2.11. The van der Waals surface area contributed by atoms with Gasteiger partial charge in [-0.25, -0.2) is 0 Å². The van der Waals surface area contributed by atoms with Crippen LogP contribution in [0.4, 0.5) is 0 Å². The Bertz CT molecular complexity index is 713. The number of hydrogen-bond donors (Lipinski definition) is 3. The monoisotopic (exact) mass is 362 g/mol. The van der Waals surface area contributed by atoms with E-state index in [-0.39, 0.29) is 5.76 Å². The summed E-state index contributed by atoms with van der Waals surface area (Å²) in [4.78, 5) is 14.0. The Kier molecular flexibility index (Phi) is 6.79. The molecule has 1 aromatic heterocycles. The summed E-state index contributed by atoms with van der Waals surface area (Å²) in [7, 11) is 5.48. The van der Waals surface area contributed by atoms with Gasteiger partial charge in [-0.1, -0.05) is 12.1 Å². The average Bonchev–Trinajstić information content (AvgIpc) is 3.06. The summed E-state index contributed by atoms with van der Waals surface area (Å²) in [6, 6.07) is 11.0. The third kappa shape index (κ3) is 6.09. The highest BCUT2D eigenvalue weighted by atomic mass is 32.1. The van der Waals surface area contributed by atoms with Crippen molar-refractivity contribution in [3.63, 3.8) is 0 Å². The molecule has 1 amide bonds. The Hall–Kier alpha value is -2.58. The molecular formula is C17H22N4O3S. The van der Waals surface area contributed by atoms with Crippen LogP contribution in [-0.4, -0.2) is 37.1 Å². The van der Waals surface area contributed by atoms with Gasteiger partial charge in [0.25, 0.3) is 0 Å².